The molecule has 1 amide bonds. The number of amides is 1. The zero-order valence-electron chi connectivity index (χ0n) is 14.1. The van der Waals surface area contributed by atoms with Gasteiger partial charge in [-0.05, 0) is 56.4 Å². The molecule has 0 spiro atoms. The van der Waals surface area contributed by atoms with E-state index in [1.54, 1.807) is 13.2 Å². The van der Waals surface area contributed by atoms with Crippen LogP contribution in [0.15, 0.2) is 41.2 Å². The van der Waals surface area contributed by atoms with Crippen LogP contribution in [0.1, 0.15) is 54.6 Å². The topological polar surface area (TPSA) is 60.7 Å². The van der Waals surface area contributed by atoms with E-state index >= 15 is 0 Å². The van der Waals surface area contributed by atoms with E-state index in [9.17, 15) is 4.79 Å². The van der Waals surface area contributed by atoms with Crippen molar-refractivity contribution in [3.05, 3.63) is 47.9 Å². The van der Waals surface area contributed by atoms with E-state index in [2.05, 4.69) is 5.32 Å². The molecular weight excluding hydrogens is 306 g/mol. The Labute approximate surface area is 141 Å². The Morgan fingerprint density at radius 2 is 2.04 bits per heavy atom. The second kappa shape index (κ2) is 7.43. The normalized spacial score (nSPS) is 15.9. The molecule has 1 fully saturated rings. The van der Waals surface area contributed by atoms with E-state index in [4.69, 9.17) is 13.9 Å². The summed E-state index contributed by atoms with van der Waals surface area (Å²) < 4.78 is 16.5. The van der Waals surface area contributed by atoms with Gasteiger partial charge in [0.25, 0.3) is 5.91 Å². The van der Waals surface area contributed by atoms with Crippen LogP contribution in [0.2, 0.25) is 0 Å². The van der Waals surface area contributed by atoms with Crippen molar-refractivity contribution in [2.24, 2.45) is 0 Å². The maximum absolute atomic E-state index is 12.1. The van der Waals surface area contributed by atoms with Crippen molar-refractivity contribution in [3.63, 3.8) is 0 Å². The van der Waals surface area contributed by atoms with Gasteiger partial charge in [-0.15, -0.1) is 0 Å². The fraction of sp³-hybridized carbons (Fsp3) is 0.421. The molecule has 1 aromatic carbocycles. The number of benzene rings is 1. The molecule has 1 atom stereocenters. The van der Waals surface area contributed by atoms with Gasteiger partial charge in [-0.2, -0.15) is 0 Å². The summed E-state index contributed by atoms with van der Waals surface area (Å²) in [6.07, 6.45) is 7.84. The van der Waals surface area contributed by atoms with Gasteiger partial charge in [0.2, 0.25) is 0 Å². The van der Waals surface area contributed by atoms with Crippen LogP contribution in [-0.4, -0.2) is 19.1 Å². The number of methoxy groups -OCH3 is 1. The van der Waals surface area contributed by atoms with Crippen molar-refractivity contribution < 1.29 is 18.7 Å². The largest absolute Gasteiger partial charge is 0.493 e. The minimum absolute atomic E-state index is 0.151. The summed E-state index contributed by atoms with van der Waals surface area (Å²) in [6, 6.07) is 7.30. The van der Waals surface area contributed by atoms with Crippen LogP contribution in [0.25, 0.3) is 0 Å². The molecule has 1 N–H and O–H groups in total. The van der Waals surface area contributed by atoms with Crippen molar-refractivity contribution in [2.75, 3.05) is 7.11 Å². The van der Waals surface area contributed by atoms with Gasteiger partial charge in [0.1, 0.15) is 6.26 Å². The summed E-state index contributed by atoms with van der Waals surface area (Å²) in [5.74, 6) is 1.30. The van der Waals surface area contributed by atoms with E-state index in [-0.39, 0.29) is 18.1 Å². The number of rotatable bonds is 6. The lowest BCUT2D eigenvalue weighted by Gasteiger charge is -2.19. The number of carbonyl (C=O) groups excluding carboxylic acids is 1. The van der Waals surface area contributed by atoms with E-state index < -0.39 is 0 Å². The molecule has 1 saturated carbocycles. The summed E-state index contributed by atoms with van der Waals surface area (Å²) >= 11 is 0. The molecule has 128 valence electrons. The molecule has 1 aliphatic rings. The number of hydrogen-bond donors (Lipinski definition) is 1. The maximum atomic E-state index is 12.1. The van der Waals surface area contributed by atoms with Crippen molar-refractivity contribution in [1.82, 2.24) is 5.32 Å². The first-order chi connectivity index (χ1) is 11.7. The molecule has 0 saturated heterocycles. The van der Waals surface area contributed by atoms with Crippen LogP contribution in [0.4, 0.5) is 0 Å². The second-order valence-electron chi connectivity index (χ2n) is 6.14. The predicted molar refractivity (Wildman–Crippen MR) is 90.5 cm³/mol. The SMILES string of the molecule is COc1cc(C(C)NC(=O)c2ccoc2)ccc1OC1CCCC1. The van der Waals surface area contributed by atoms with Gasteiger partial charge in [0.05, 0.1) is 31.1 Å². The van der Waals surface area contributed by atoms with Gasteiger partial charge < -0.3 is 19.2 Å². The Bertz CT molecular complexity index is 675. The average Bonchev–Trinajstić information content (AvgIpc) is 3.28. The predicted octanol–water partition coefficient (Wildman–Crippen LogP) is 4.10. The lowest BCUT2D eigenvalue weighted by atomic mass is 10.1. The monoisotopic (exact) mass is 329 g/mol. The third kappa shape index (κ3) is 3.72. The molecule has 1 aromatic heterocycles. The van der Waals surface area contributed by atoms with Crippen LogP contribution >= 0.6 is 0 Å². The summed E-state index contributed by atoms with van der Waals surface area (Å²) in [5.41, 5.74) is 1.47. The molecular formula is C19H23NO4. The highest BCUT2D eigenvalue weighted by molar-refractivity contribution is 5.94. The summed E-state index contributed by atoms with van der Waals surface area (Å²) in [5, 5.41) is 2.95. The Kier molecular flexibility index (Phi) is 5.08. The van der Waals surface area contributed by atoms with Crippen molar-refractivity contribution >= 4 is 5.91 Å². The number of furan rings is 1. The third-order valence-corrected chi connectivity index (χ3v) is 4.41. The number of ether oxygens (including phenoxy) is 2. The zero-order chi connectivity index (χ0) is 16.9. The summed E-state index contributed by atoms with van der Waals surface area (Å²) in [4.78, 5) is 12.1. The fourth-order valence-corrected chi connectivity index (χ4v) is 2.99. The minimum atomic E-state index is -0.165. The Morgan fingerprint density at radius 1 is 1.25 bits per heavy atom. The van der Waals surface area contributed by atoms with Gasteiger partial charge in [-0.25, -0.2) is 0 Å². The molecule has 1 heterocycles. The Morgan fingerprint density at radius 3 is 2.71 bits per heavy atom. The van der Waals surface area contributed by atoms with Gasteiger partial charge in [0, 0.05) is 0 Å². The van der Waals surface area contributed by atoms with Crippen molar-refractivity contribution in [2.45, 2.75) is 44.8 Å². The van der Waals surface area contributed by atoms with Crippen molar-refractivity contribution in [3.8, 4) is 11.5 Å². The first-order valence-corrected chi connectivity index (χ1v) is 8.35. The van der Waals surface area contributed by atoms with Gasteiger partial charge in [-0.1, -0.05) is 6.07 Å². The standard InChI is InChI=1S/C19H23NO4/c1-13(20-19(21)15-9-10-23-12-15)14-7-8-17(18(11-14)22-2)24-16-5-3-4-6-16/h7-13,16H,3-6H2,1-2H3,(H,20,21). The van der Waals surface area contributed by atoms with Gasteiger partial charge in [-0.3, -0.25) is 4.79 Å². The van der Waals surface area contributed by atoms with E-state index in [1.165, 1.54) is 25.4 Å². The Hall–Kier alpha value is -2.43. The first-order valence-electron chi connectivity index (χ1n) is 8.35. The Balaban J connectivity index is 1.69. The van der Waals surface area contributed by atoms with Crippen LogP contribution in [-0.2, 0) is 0 Å². The van der Waals surface area contributed by atoms with Crippen LogP contribution in [0, 0.1) is 0 Å². The third-order valence-electron chi connectivity index (χ3n) is 4.41. The van der Waals surface area contributed by atoms with Gasteiger partial charge >= 0.3 is 0 Å². The molecule has 5 nitrogen and oxygen atoms in total. The number of carbonyl (C=O) groups is 1. The second-order valence-corrected chi connectivity index (χ2v) is 6.14. The van der Waals surface area contributed by atoms with Crippen molar-refractivity contribution in [1.29, 1.82) is 0 Å². The first kappa shape index (κ1) is 16.4. The zero-order valence-corrected chi connectivity index (χ0v) is 14.1. The average molecular weight is 329 g/mol. The van der Waals surface area contributed by atoms with E-state index in [1.807, 2.05) is 25.1 Å². The fourth-order valence-electron chi connectivity index (χ4n) is 2.99. The molecule has 2 aromatic rings. The van der Waals surface area contributed by atoms with E-state index in [0.29, 0.717) is 11.3 Å². The van der Waals surface area contributed by atoms with Crippen LogP contribution in [0.5, 0.6) is 11.5 Å². The minimum Gasteiger partial charge on any atom is -0.493 e. The molecule has 24 heavy (non-hydrogen) atoms. The lowest BCUT2D eigenvalue weighted by Crippen LogP contribution is -2.26. The van der Waals surface area contributed by atoms with Crippen LogP contribution in [0.3, 0.4) is 0 Å². The smallest absolute Gasteiger partial charge is 0.255 e. The quantitative estimate of drug-likeness (QED) is 0.867. The molecule has 0 radical (unpaired) electrons. The molecule has 1 unspecified atom stereocenters. The molecule has 0 aliphatic heterocycles. The molecule has 3 rings (SSSR count). The summed E-state index contributed by atoms with van der Waals surface area (Å²) in [6.45, 7) is 1.93. The maximum Gasteiger partial charge on any atom is 0.255 e. The highest BCUT2D eigenvalue weighted by Crippen LogP contribution is 2.33. The molecule has 5 heteroatoms. The molecule has 0 bridgehead atoms. The molecule has 1 aliphatic carbocycles. The lowest BCUT2D eigenvalue weighted by molar-refractivity contribution is 0.0939. The highest BCUT2D eigenvalue weighted by atomic mass is 16.5. The van der Waals surface area contributed by atoms with Crippen LogP contribution < -0.4 is 14.8 Å². The summed E-state index contributed by atoms with van der Waals surface area (Å²) in [7, 11) is 1.63. The number of hydrogen-bond acceptors (Lipinski definition) is 4. The highest BCUT2D eigenvalue weighted by Gasteiger charge is 2.19. The van der Waals surface area contributed by atoms with Gasteiger partial charge in [0.15, 0.2) is 11.5 Å². The number of nitrogens with one attached hydrogen (secondary N) is 1. The van der Waals surface area contributed by atoms with E-state index in [0.717, 1.165) is 24.2 Å².